The van der Waals surface area contributed by atoms with Gasteiger partial charge in [0.15, 0.2) is 0 Å². The van der Waals surface area contributed by atoms with E-state index in [-0.39, 0.29) is 10.8 Å². The molecule has 1 aromatic rings. The normalized spacial score (nSPS) is 13.3. The highest BCUT2D eigenvalue weighted by Crippen LogP contribution is 2.18. The summed E-state index contributed by atoms with van der Waals surface area (Å²) in [6, 6.07) is 1.62. The second kappa shape index (κ2) is 6.67. The van der Waals surface area contributed by atoms with Crippen LogP contribution in [0.15, 0.2) is 23.4 Å². The summed E-state index contributed by atoms with van der Waals surface area (Å²) in [5, 5.41) is 2.83. The molecule has 1 unspecified atom stereocenters. The second-order valence-corrected chi connectivity index (χ2v) is 5.77. The fraction of sp³-hybridized carbons (Fsp3) is 0.545. The number of pyridine rings is 1. The Hall–Kier alpha value is -1.18. The van der Waals surface area contributed by atoms with Crippen LogP contribution in [0.5, 0.6) is 0 Å². The molecule has 102 valence electrons. The molecular weight excluding hydrogens is 254 g/mol. The van der Waals surface area contributed by atoms with Crippen molar-refractivity contribution >= 4 is 15.7 Å². The quantitative estimate of drug-likeness (QED) is 0.764. The lowest BCUT2D eigenvalue weighted by Gasteiger charge is -2.13. The molecule has 6 nitrogen and oxygen atoms in total. The van der Waals surface area contributed by atoms with Gasteiger partial charge >= 0.3 is 0 Å². The molecule has 0 fully saturated rings. The first-order chi connectivity index (χ1) is 8.51. The van der Waals surface area contributed by atoms with E-state index in [1.165, 1.54) is 6.20 Å². The van der Waals surface area contributed by atoms with Gasteiger partial charge in [-0.1, -0.05) is 6.92 Å². The molecule has 0 bridgehead atoms. The molecule has 7 heteroatoms. The standard InChI is InChI=1S/C11H19N3O3S/c1-9(8-17-3)6-14-18(15,16)11-7-13-5-4-10(11)12-2/h4-5,7,9,14H,6,8H2,1-3H3,(H,12,13). The van der Waals surface area contributed by atoms with Gasteiger partial charge in [-0.05, 0) is 12.0 Å². The van der Waals surface area contributed by atoms with E-state index in [0.29, 0.717) is 18.8 Å². The number of nitrogens with one attached hydrogen (secondary N) is 2. The molecule has 0 aliphatic heterocycles. The second-order valence-electron chi connectivity index (χ2n) is 4.03. The largest absolute Gasteiger partial charge is 0.387 e. The monoisotopic (exact) mass is 273 g/mol. The number of aromatic nitrogens is 1. The van der Waals surface area contributed by atoms with Crippen molar-refractivity contribution < 1.29 is 13.2 Å². The summed E-state index contributed by atoms with van der Waals surface area (Å²) in [6.45, 7) is 2.75. The minimum absolute atomic E-state index is 0.111. The Morgan fingerprint density at radius 1 is 1.50 bits per heavy atom. The van der Waals surface area contributed by atoms with Gasteiger partial charge in [0.05, 0.1) is 5.69 Å². The zero-order chi connectivity index (χ0) is 13.6. The van der Waals surface area contributed by atoms with Gasteiger partial charge in [-0.3, -0.25) is 4.98 Å². The van der Waals surface area contributed by atoms with Crippen LogP contribution in [-0.2, 0) is 14.8 Å². The first-order valence-corrected chi connectivity index (χ1v) is 7.10. The molecule has 1 aromatic heterocycles. The van der Waals surface area contributed by atoms with Crippen LogP contribution in [0.2, 0.25) is 0 Å². The van der Waals surface area contributed by atoms with Crippen LogP contribution in [0, 0.1) is 5.92 Å². The zero-order valence-corrected chi connectivity index (χ0v) is 11.6. The van der Waals surface area contributed by atoms with E-state index >= 15 is 0 Å². The molecule has 1 atom stereocenters. The predicted octanol–water partition coefficient (Wildman–Crippen LogP) is 0.684. The van der Waals surface area contributed by atoms with Gasteiger partial charge in [0.1, 0.15) is 4.90 Å². The van der Waals surface area contributed by atoms with Crippen molar-refractivity contribution in [3.63, 3.8) is 0 Å². The van der Waals surface area contributed by atoms with Gasteiger partial charge in [-0.2, -0.15) is 0 Å². The summed E-state index contributed by atoms with van der Waals surface area (Å²) in [5.41, 5.74) is 0.525. The lowest BCUT2D eigenvalue weighted by Crippen LogP contribution is -2.30. The summed E-state index contributed by atoms with van der Waals surface area (Å²) in [6.07, 6.45) is 2.87. The van der Waals surface area contributed by atoms with Crippen LogP contribution >= 0.6 is 0 Å². The lowest BCUT2D eigenvalue weighted by atomic mass is 10.2. The summed E-state index contributed by atoms with van der Waals surface area (Å²) in [5.74, 6) is 0.111. The van der Waals surface area contributed by atoms with E-state index in [1.807, 2.05) is 6.92 Å². The van der Waals surface area contributed by atoms with Gasteiger partial charge in [0.2, 0.25) is 10.0 Å². The van der Waals surface area contributed by atoms with Crippen molar-refractivity contribution in [1.82, 2.24) is 9.71 Å². The van der Waals surface area contributed by atoms with E-state index in [9.17, 15) is 8.42 Å². The topological polar surface area (TPSA) is 80.3 Å². The van der Waals surface area contributed by atoms with Crippen molar-refractivity contribution in [1.29, 1.82) is 0 Å². The summed E-state index contributed by atoms with van der Waals surface area (Å²) in [7, 11) is -0.290. The van der Waals surface area contributed by atoms with Crippen LogP contribution < -0.4 is 10.0 Å². The third kappa shape index (κ3) is 3.94. The number of methoxy groups -OCH3 is 1. The Kier molecular flexibility index (Phi) is 5.52. The summed E-state index contributed by atoms with van der Waals surface area (Å²) >= 11 is 0. The molecule has 0 aliphatic carbocycles. The van der Waals surface area contributed by atoms with E-state index in [2.05, 4.69) is 15.0 Å². The zero-order valence-electron chi connectivity index (χ0n) is 10.8. The van der Waals surface area contributed by atoms with Crippen molar-refractivity contribution in [2.75, 3.05) is 32.6 Å². The molecule has 1 rings (SSSR count). The van der Waals surface area contributed by atoms with Gasteiger partial charge in [-0.25, -0.2) is 13.1 Å². The molecule has 1 heterocycles. The highest BCUT2D eigenvalue weighted by molar-refractivity contribution is 7.89. The number of nitrogens with zero attached hydrogens (tertiary/aromatic N) is 1. The van der Waals surface area contributed by atoms with Crippen LogP contribution in [0.4, 0.5) is 5.69 Å². The fourth-order valence-corrected chi connectivity index (χ4v) is 2.79. The van der Waals surface area contributed by atoms with Crippen molar-refractivity contribution in [2.24, 2.45) is 5.92 Å². The van der Waals surface area contributed by atoms with Crippen LogP contribution in [0.3, 0.4) is 0 Å². The van der Waals surface area contributed by atoms with Gasteiger partial charge < -0.3 is 10.1 Å². The Bertz CT molecular complexity index is 476. The molecule has 0 aromatic carbocycles. The maximum Gasteiger partial charge on any atom is 0.244 e. The lowest BCUT2D eigenvalue weighted by molar-refractivity contribution is 0.161. The molecular formula is C11H19N3O3S. The number of hydrogen-bond acceptors (Lipinski definition) is 5. The molecule has 18 heavy (non-hydrogen) atoms. The molecule has 0 spiro atoms. The molecule has 0 aliphatic rings. The Morgan fingerprint density at radius 2 is 2.22 bits per heavy atom. The van der Waals surface area contributed by atoms with Crippen LogP contribution in [-0.4, -0.2) is 40.7 Å². The van der Waals surface area contributed by atoms with Crippen molar-refractivity contribution in [3.8, 4) is 0 Å². The summed E-state index contributed by atoms with van der Waals surface area (Å²) in [4.78, 5) is 3.99. The maximum absolute atomic E-state index is 12.1. The van der Waals surface area contributed by atoms with Crippen LogP contribution in [0.1, 0.15) is 6.92 Å². The van der Waals surface area contributed by atoms with E-state index in [0.717, 1.165) is 0 Å². The van der Waals surface area contributed by atoms with Crippen molar-refractivity contribution in [3.05, 3.63) is 18.5 Å². The van der Waals surface area contributed by atoms with E-state index < -0.39 is 10.0 Å². The minimum atomic E-state index is -3.55. The molecule has 2 N–H and O–H groups in total. The molecule has 0 amide bonds. The Labute approximate surface area is 108 Å². The highest BCUT2D eigenvalue weighted by Gasteiger charge is 2.18. The predicted molar refractivity (Wildman–Crippen MR) is 70.0 cm³/mol. The molecule has 0 saturated heterocycles. The maximum atomic E-state index is 12.1. The smallest absolute Gasteiger partial charge is 0.244 e. The number of sulfonamides is 1. The van der Waals surface area contributed by atoms with Gasteiger partial charge in [-0.15, -0.1) is 0 Å². The minimum Gasteiger partial charge on any atom is -0.387 e. The molecule has 0 saturated carbocycles. The fourth-order valence-electron chi connectivity index (χ4n) is 1.47. The number of rotatable bonds is 7. The van der Waals surface area contributed by atoms with E-state index in [1.54, 1.807) is 26.4 Å². The average molecular weight is 273 g/mol. The third-order valence-electron chi connectivity index (χ3n) is 2.42. The average Bonchev–Trinajstić information content (AvgIpc) is 2.37. The van der Waals surface area contributed by atoms with Gasteiger partial charge in [0.25, 0.3) is 0 Å². The Morgan fingerprint density at radius 3 is 2.83 bits per heavy atom. The molecule has 0 radical (unpaired) electrons. The first-order valence-electron chi connectivity index (χ1n) is 5.61. The number of ether oxygens (including phenoxy) is 1. The Balaban J connectivity index is 2.80. The van der Waals surface area contributed by atoms with Crippen molar-refractivity contribution in [2.45, 2.75) is 11.8 Å². The number of hydrogen-bond donors (Lipinski definition) is 2. The summed E-state index contributed by atoms with van der Waals surface area (Å²) < 4.78 is 31.7. The van der Waals surface area contributed by atoms with Gasteiger partial charge in [0, 0.05) is 39.7 Å². The van der Waals surface area contributed by atoms with Crippen LogP contribution in [0.25, 0.3) is 0 Å². The first kappa shape index (κ1) is 14.9. The highest BCUT2D eigenvalue weighted by atomic mass is 32.2. The van der Waals surface area contributed by atoms with E-state index in [4.69, 9.17) is 4.74 Å². The number of anilines is 1. The third-order valence-corrected chi connectivity index (χ3v) is 3.87. The SMILES string of the molecule is CNc1ccncc1S(=O)(=O)NCC(C)COC.